The normalized spacial score (nSPS) is 12.0. The molecule has 1 aromatic heterocycles. The van der Waals surface area contributed by atoms with Crippen LogP contribution in [0.4, 0.5) is 0 Å². The van der Waals surface area contributed by atoms with Gasteiger partial charge in [-0.2, -0.15) is 0 Å². The molecule has 7 aromatic rings. The van der Waals surface area contributed by atoms with Crippen LogP contribution in [0.15, 0.2) is 200 Å². The molecule has 0 saturated carbocycles. The fourth-order valence-corrected chi connectivity index (χ4v) is 16.1. The van der Waals surface area contributed by atoms with Crippen molar-refractivity contribution in [2.24, 2.45) is 0 Å². The Morgan fingerprint density at radius 1 is 0.318 bits per heavy atom. The molecule has 0 radical (unpaired) electrons. The zero-order chi connectivity index (χ0) is 29.7. The summed E-state index contributed by atoms with van der Waals surface area (Å²) in [6.45, 7) is 0. The van der Waals surface area contributed by atoms with Gasteiger partial charge in [0.1, 0.15) is 0 Å². The maximum atomic E-state index is 5.52. The summed E-state index contributed by atoms with van der Waals surface area (Å²) < 4.78 is 0. The summed E-state index contributed by atoms with van der Waals surface area (Å²) in [5.41, 5.74) is 0. The molecule has 0 bridgehead atoms. The maximum absolute atomic E-state index is 5.52. The van der Waals surface area contributed by atoms with Crippen molar-refractivity contribution >= 4 is 57.4 Å². The summed E-state index contributed by atoms with van der Waals surface area (Å²) >= 11 is 0. The van der Waals surface area contributed by atoms with E-state index in [2.05, 4.69) is 200 Å². The quantitative estimate of drug-likeness (QED) is 0.139. The number of pyridine rings is 1. The average molecular weight is 600 g/mol. The molecule has 0 aliphatic rings. The Bertz CT molecular complexity index is 1580. The third-order valence-corrected chi connectivity index (χ3v) is 18.2. The number of hydrogen-bond acceptors (Lipinski definition) is 1. The van der Waals surface area contributed by atoms with Gasteiger partial charge in [0, 0.05) is 0 Å². The van der Waals surface area contributed by atoms with E-state index in [0.717, 1.165) is 5.32 Å². The van der Waals surface area contributed by atoms with Crippen LogP contribution in [0.1, 0.15) is 0 Å². The van der Waals surface area contributed by atoms with Crippen LogP contribution < -0.4 is 42.1 Å². The molecule has 44 heavy (non-hydrogen) atoms. The van der Waals surface area contributed by atoms with E-state index in [-0.39, 0.29) is 0 Å². The Morgan fingerprint density at radius 2 is 0.636 bits per heavy atom. The fourth-order valence-electron chi connectivity index (χ4n) is 6.91. The van der Waals surface area contributed by atoms with Gasteiger partial charge in [0.2, 0.25) is 0 Å². The molecular weight excluding hydrogens is 566 g/mol. The van der Waals surface area contributed by atoms with Gasteiger partial charge >= 0.3 is 263 Å². The molecule has 0 amide bonds. The monoisotopic (exact) mass is 599 g/mol. The van der Waals surface area contributed by atoms with Gasteiger partial charge < -0.3 is 0 Å². The second kappa shape index (κ2) is 12.4. The van der Waals surface area contributed by atoms with Crippen molar-refractivity contribution in [1.29, 1.82) is 0 Å². The van der Waals surface area contributed by atoms with Crippen molar-refractivity contribution in [1.82, 2.24) is 4.98 Å². The Kier molecular flexibility index (Phi) is 7.86. The van der Waals surface area contributed by atoms with E-state index in [4.69, 9.17) is 4.98 Å². The van der Waals surface area contributed by atoms with Gasteiger partial charge in [-0.15, -0.1) is 0 Å². The number of rotatable bonds is 8. The van der Waals surface area contributed by atoms with Crippen molar-refractivity contribution in [3.8, 4) is 0 Å². The van der Waals surface area contributed by atoms with Crippen LogP contribution in [0.5, 0.6) is 0 Å². The predicted octanol–water partition coefficient (Wildman–Crippen LogP) is 4.81. The SMILES string of the molecule is c1ccc([Si](c2ccccc2)(c2ccccc2)c2ccc([PH](c3ccccc3)(c3ccccc3)c3ccccc3)cn2)cc1. The molecule has 0 spiro atoms. The first-order valence-corrected chi connectivity index (χ1v) is 19.1. The first kappa shape index (κ1) is 27.9. The summed E-state index contributed by atoms with van der Waals surface area (Å²) in [5, 5.41) is 10.5. The fraction of sp³-hybridized carbons (Fsp3) is 0. The van der Waals surface area contributed by atoms with Gasteiger partial charge in [0.15, 0.2) is 0 Å². The van der Waals surface area contributed by atoms with E-state index in [1.165, 1.54) is 36.8 Å². The predicted molar refractivity (Wildman–Crippen MR) is 194 cm³/mol. The van der Waals surface area contributed by atoms with Crippen LogP contribution in [-0.4, -0.2) is 13.1 Å². The molecule has 0 saturated heterocycles. The molecule has 0 aliphatic carbocycles. The molecule has 0 aliphatic heterocycles. The van der Waals surface area contributed by atoms with Crippen molar-refractivity contribution in [3.63, 3.8) is 0 Å². The first-order valence-electron chi connectivity index (χ1n) is 15.1. The first-order chi connectivity index (χ1) is 21.8. The topological polar surface area (TPSA) is 12.9 Å². The molecule has 3 heteroatoms. The summed E-state index contributed by atoms with van der Waals surface area (Å²) in [6.07, 6.45) is 2.20. The van der Waals surface area contributed by atoms with Gasteiger partial charge in [-0.25, -0.2) is 0 Å². The molecule has 212 valence electrons. The Hall–Kier alpha value is -4.88. The summed E-state index contributed by atoms with van der Waals surface area (Å²) in [6, 6.07) is 70.9. The van der Waals surface area contributed by atoms with Gasteiger partial charge in [-0.05, 0) is 0 Å². The third kappa shape index (κ3) is 4.74. The minimum atomic E-state index is -2.72. The number of nitrogens with zero attached hydrogens (tertiary/aromatic N) is 1. The Labute approximate surface area is 261 Å². The molecule has 0 unspecified atom stereocenters. The number of hydrogen-bond donors (Lipinski definition) is 0. The van der Waals surface area contributed by atoms with Crippen LogP contribution in [-0.2, 0) is 0 Å². The standard InChI is InChI=1S/C41H34NPSi/c1-7-19-34(20-8-1)43(35-21-9-2-10-22-35,36-23-11-3-12-24-36)37-31-32-41(42-33-37)44(38-25-13-4-14-26-38,39-27-15-5-16-28-39)40-29-17-6-18-30-40/h1-33,43H. The van der Waals surface area contributed by atoms with Gasteiger partial charge in [-0.1, -0.05) is 0 Å². The van der Waals surface area contributed by atoms with E-state index >= 15 is 0 Å². The number of aromatic nitrogens is 1. The third-order valence-electron chi connectivity index (χ3n) is 8.82. The number of benzene rings is 6. The molecule has 6 aromatic carbocycles. The van der Waals surface area contributed by atoms with Crippen LogP contribution in [0, 0.1) is 0 Å². The average Bonchev–Trinajstić information content (AvgIpc) is 3.12. The van der Waals surface area contributed by atoms with Gasteiger partial charge in [0.05, 0.1) is 0 Å². The zero-order valence-corrected chi connectivity index (χ0v) is 26.5. The van der Waals surface area contributed by atoms with E-state index < -0.39 is 15.3 Å². The van der Waals surface area contributed by atoms with Crippen LogP contribution in [0.25, 0.3) is 0 Å². The molecule has 1 nitrogen and oxygen atoms in total. The van der Waals surface area contributed by atoms with Crippen LogP contribution >= 0.6 is 7.26 Å². The molecular formula is C41H34NPSi. The molecule has 1 heterocycles. The minimum absolute atomic E-state index is 1.14. The van der Waals surface area contributed by atoms with E-state index in [1.807, 2.05) is 0 Å². The Morgan fingerprint density at radius 3 is 0.932 bits per heavy atom. The zero-order valence-electron chi connectivity index (χ0n) is 24.5. The van der Waals surface area contributed by atoms with Crippen molar-refractivity contribution < 1.29 is 0 Å². The summed E-state index contributed by atoms with van der Waals surface area (Å²) in [7, 11) is -5.38. The van der Waals surface area contributed by atoms with Gasteiger partial charge in [0.25, 0.3) is 0 Å². The molecule has 0 atom stereocenters. The van der Waals surface area contributed by atoms with Crippen LogP contribution in [0.3, 0.4) is 0 Å². The second-order valence-corrected chi connectivity index (χ2v) is 18.7. The molecule has 0 N–H and O–H groups in total. The van der Waals surface area contributed by atoms with Crippen LogP contribution in [0.2, 0.25) is 0 Å². The van der Waals surface area contributed by atoms with Gasteiger partial charge in [-0.3, -0.25) is 0 Å². The van der Waals surface area contributed by atoms with Crippen molar-refractivity contribution in [2.75, 3.05) is 0 Å². The summed E-state index contributed by atoms with van der Waals surface area (Å²) in [5.74, 6) is 0. The van der Waals surface area contributed by atoms with E-state index in [1.54, 1.807) is 0 Å². The summed E-state index contributed by atoms with van der Waals surface area (Å²) in [4.78, 5) is 5.52. The van der Waals surface area contributed by atoms with E-state index in [9.17, 15) is 0 Å². The Balaban J connectivity index is 1.52. The van der Waals surface area contributed by atoms with Crippen molar-refractivity contribution in [2.45, 2.75) is 0 Å². The van der Waals surface area contributed by atoms with E-state index in [0.29, 0.717) is 0 Å². The second-order valence-electron chi connectivity index (χ2n) is 11.1. The molecule has 0 fully saturated rings. The molecule has 7 rings (SSSR count). The van der Waals surface area contributed by atoms with Crippen molar-refractivity contribution in [3.05, 3.63) is 200 Å².